The van der Waals surface area contributed by atoms with E-state index in [2.05, 4.69) is 5.10 Å². The molecule has 0 bridgehead atoms. The third kappa shape index (κ3) is 3.07. The third-order valence-corrected chi connectivity index (χ3v) is 2.52. The Balaban J connectivity index is 1.95. The van der Waals surface area contributed by atoms with E-state index in [-0.39, 0.29) is 0 Å². The molecule has 0 saturated carbocycles. The standard InChI is InChI=1S/C13H16N2O2/c1-10(16)11-3-5-13(6-4-11)17-9-12-7-8-15(2)14-12/h3-8,10,16H,9H2,1-2H3. The molecule has 0 aliphatic carbocycles. The summed E-state index contributed by atoms with van der Waals surface area (Å²) >= 11 is 0. The molecule has 2 rings (SSSR count). The van der Waals surface area contributed by atoms with Crippen molar-refractivity contribution in [3.8, 4) is 5.75 Å². The van der Waals surface area contributed by atoms with Gasteiger partial charge in [0.2, 0.25) is 0 Å². The third-order valence-electron chi connectivity index (χ3n) is 2.52. The lowest BCUT2D eigenvalue weighted by atomic mass is 10.1. The zero-order valence-corrected chi connectivity index (χ0v) is 10.00. The summed E-state index contributed by atoms with van der Waals surface area (Å²) in [5, 5.41) is 13.6. The van der Waals surface area contributed by atoms with E-state index in [9.17, 15) is 5.11 Å². The summed E-state index contributed by atoms with van der Waals surface area (Å²) in [7, 11) is 1.88. The number of rotatable bonds is 4. The SMILES string of the molecule is CC(O)c1ccc(OCc2ccn(C)n2)cc1. The minimum Gasteiger partial charge on any atom is -0.487 e. The number of ether oxygens (including phenoxy) is 1. The Morgan fingerprint density at radius 1 is 1.29 bits per heavy atom. The van der Waals surface area contributed by atoms with E-state index in [0.29, 0.717) is 6.61 Å². The Kier molecular flexibility index (Phi) is 3.44. The molecule has 1 atom stereocenters. The van der Waals surface area contributed by atoms with Crippen LogP contribution in [0.2, 0.25) is 0 Å². The Bertz CT molecular complexity index is 474. The molecule has 17 heavy (non-hydrogen) atoms. The van der Waals surface area contributed by atoms with Crippen molar-refractivity contribution in [2.45, 2.75) is 19.6 Å². The van der Waals surface area contributed by atoms with Gasteiger partial charge in [-0.05, 0) is 30.7 Å². The van der Waals surface area contributed by atoms with Crippen LogP contribution in [0.25, 0.3) is 0 Å². The van der Waals surface area contributed by atoms with E-state index >= 15 is 0 Å². The molecule has 0 radical (unpaired) electrons. The van der Waals surface area contributed by atoms with Crippen molar-refractivity contribution in [2.24, 2.45) is 7.05 Å². The lowest BCUT2D eigenvalue weighted by Gasteiger charge is -2.07. The summed E-state index contributed by atoms with van der Waals surface area (Å²) in [4.78, 5) is 0. The van der Waals surface area contributed by atoms with Gasteiger partial charge in [-0.3, -0.25) is 4.68 Å². The van der Waals surface area contributed by atoms with Crippen LogP contribution in [0.5, 0.6) is 5.75 Å². The van der Waals surface area contributed by atoms with E-state index in [1.807, 2.05) is 43.6 Å². The van der Waals surface area contributed by atoms with Crippen molar-refractivity contribution in [3.63, 3.8) is 0 Å². The fourth-order valence-electron chi connectivity index (χ4n) is 1.54. The predicted molar refractivity (Wildman–Crippen MR) is 64.6 cm³/mol. The highest BCUT2D eigenvalue weighted by atomic mass is 16.5. The highest BCUT2D eigenvalue weighted by molar-refractivity contribution is 5.28. The molecule has 90 valence electrons. The molecule has 0 aliphatic rings. The maximum Gasteiger partial charge on any atom is 0.132 e. The van der Waals surface area contributed by atoms with Crippen LogP contribution >= 0.6 is 0 Å². The Labute approximate surface area is 100 Å². The lowest BCUT2D eigenvalue weighted by Crippen LogP contribution is -1.98. The van der Waals surface area contributed by atoms with E-state index in [1.54, 1.807) is 11.6 Å². The van der Waals surface area contributed by atoms with E-state index in [4.69, 9.17) is 4.74 Å². The minimum atomic E-state index is -0.445. The van der Waals surface area contributed by atoms with Crippen molar-refractivity contribution in [1.29, 1.82) is 0 Å². The molecule has 2 aromatic rings. The molecule has 1 N–H and O–H groups in total. The summed E-state index contributed by atoms with van der Waals surface area (Å²) in [6.45, 7) is 2.19. The maximum atomic E-state index is 9.37. The van der Waals surface area contributed by atoms with Crippen molar-refractivity contribution >= 4 is 0 Å². The van der Waals surface area contributed by atoms with Crippen molar-refractivity contribution in [1.82, 2.24) is 9.78 Å². The molecule has 0 saturated heterocycles. The van der Waals surface area contributed by atoms with Crippen LogP contribution in [0.4, 0.5) is 0 Å². The Morgan fingerprint density at radius 2 is 2.00 bits per heavy atom. The van der Waals surface area contributed by atoms with Gasteiger partial charge >= 0.3 is 0 Å². The molecule has 0 fully saturated rings. The average Bonchev–Trinajstić information content (AvgIpc) is 2.73. The van der Waals surface area contributed by atoms with Crippen molar-refractivity contribution in [3.05, 3.63) is 47.8 Å². The zero-order chi connectivity index (χ0) is 12.3. The number of hydrogen-bond donors (Lipinski definition) is 1. The van der Waals surface area contributed by atoms with Gasteiger partial charge in [-0.25, -0.2) is 0 Å². The van der Waals surface area contributed by atoms with Crippen LogP contribution in [-0.4, -0.2) is 14.9 Å². The van der Waals surface area contributed by atoms with Gasteiger partial charge in [-0.1, -0.05) is 12.1 Å². The van der Waals surface area contributed by atoms with Crippen LogP contribution in [0.15, 0.2) is 36.5 Å². The second-order valence-corrected chi connectivity index (χ2v) is 4.01. The highest BCUT2D eigenvalue weighted by Crippen LogP contribution is 2.17. The first-order valence-corrected chi connectivity index (χ1v) is 5.54. The van der Waals surface area contributed by atoms with Gasteiger partial charge in [-0.2, -0.15) is 5.10 Å². The Morgan fingerprint density at radius 3 is 2.53 bits per heavy atom. The number of aromatic nitrogens is 2. The fourth-order valence-corrected chi connectivity index (χ4v) is 1.54. The van der Waals surface area contributed by atoms with Gasteiger partial charge in [0.15, 0.2) is 0 Å². The molecule has 0 amide bonds. The van der Waals surface area contributed by atoms with Crippen molar-refractivity contribution < 1.29 is 9.84 Å². The summed E-state index contributed by atoms with van der Waals surface area (Å²) < 4.78 is 7.33. The summed E-state index contributed by atoms with van der Waals surface area (Å²) in [6.07, 6.45) is 1.44. The Hall–Kier alpha value is -1.81. The molecule has 1 heterocycles. The number of hydrogen-bond acceptors (Lipinski definition) is 3. The zero-order valence-electron chi connectivity index (χ0n) is 10.00. The summed E-state index contributed by atoms with van der Waals surface area (Å²) in [5.74, 6) is 0.778. The predicted octanol–water partition coefficient (Wildman–Crippen LogP) is 2.05. The largest absolute Gasteiger partial charge is 0.487 e. The van der Waals surface area contributed by atoms with Gasteiger partial charge in [0, 0.05) is 13.2 Å². The molecule has 1 unspecified atom stereocenters. The van der Waals surface area contributed by atoms with Crippen LogP contribution in [0, 0.1) is 0 Å². The first-order chi connectivity index (χ1) is 8.15. The monoisotopic (exact) mass is 232 g/mol. The number of aliphatic hydroxyl groups is 1. The molecule has 0 spiro atoms. The quantitative estimate of drug-likeness (QED) is 0.877. The molecule has 0 aliphatic heterocycles. The molecular weight excluding hydrogens is 216 g/mol. The topological polar surface area (TPSA) is 47.3 Å². The lowest BCUT2D eigenvalue weighted by molar-refractivity contribution is 0.199. The normalized spacial score (nSPS) is 12.4. The van der Waals surface area contributed by atoms with Gasteiger partial charge in [0.05, 0.1) is 11.8 Å². The fraction of sp³-hybridized carbons (Fsp3) is 0.308. The van der Waals surface area contributed by atoms with Crippen LogP contribution in [0.3, 0.4) is 0 Å². The first kappa shape index (κ1) is 11.7. The number of aryl methyl sites for hydroxylation is 1. The second-order valence-electron chi connectivity index (χ2n) is 4.01. The molecule has 4 heteroatoms. The number of benzene rings is 1. The van der Waals surface area contributed by atoms with Gasteiger partial charge in [0.25, 0.3) is 0 Å². The number of aliphatic hydroxyl groups excluding tert-OH is 1. The van der Waals surface area contributed by atoms with Crippen LogP contribution < -0.4 is 4.74 Å². The second kappa shape index (κ2) is 5.01. The van der Waals surface area contributed by atoms with Gasteiger partial charge < -0.3 is 9.84 Å². The van der Waals surface area contributed by atoms with Crippen molar-refractivity contribution in [2.75, 3.05) is 0 Å². The number of nitrogens with zero attached hydrogens (tertiary/aromatic N) is 2. The highest BCUT2D eigenvalue weighted by Gasteiger charge is 2.02. The van der Waals surface area contributed by atoms with E-state index in [1.165, 1.54) is 0 Å². The minimum absolute atomic E-state index is 0.445. The van der Waals surface area contributed by atoms with E-state index < -0.39 is 6.10 Å². The first-order valence-electron chi connectivity index (χ1n) is 5.54. The average molecular weight is 232 g/mol. The maximum absolute atomic E-state index is 9.37. The van der Waals surface area contributed by atoms with Crippen LogP contribution in [-0.2, 0) is 13.7 Å². The van der Waals surface area contributed by atoms with Gasteiger partial charge in [-0.15, -0.1) is 0 Å². The molecule has 1 aromatic carbocycles. The smallest absolute Gasteiger partial charge is 0.132 e. The molecule has 1 aromatic heterocycles. The molecule has 4 nitrogen and oxygen atoms in total. The summed E-state index contributed by atoms with van der Waals surface area (Å²) in [6, 6.07) is 9.34. The summed E-state index contributed by atoms with van der Waals surface area (Å²) in [5.41, 5.74) is 1.78. The molecular formula is C13H16N2O2. The van der Waals surface area contributed by atoms with Gasteiger partial charge in [0.1, 0.15) is 12.4 Å². The van der Waals surface area contributed by atoms with Crippen LogP contribution in [0.1, 0.15) is 24.3 Å². The van der Waals surface area contributed by atoms with E-state index in [0.717, 1.165) is 17.0 Å².